The van der Waals surface area contributed by atoms with Gasteiger partial charge in [0.1, 0.15) is 5.82 Å². The summed E-state index contributed by atoms with van der Waals surface area (Å²) >= 11 is 0. The van der Waals surface area contributed by atoms with Gasteiger partial charge < -0.3 is 4.90 Å². The SMILES string of the molecule is CCN1CCC(c2ncc3cccc(C=O)n23)C1. The second-order valence-corrected chi connectivity index (χ2v) is 4.82. The Morgan fingerprint density at radius 3 is 3.11 bits per heavy atom. The Bertz CT molecular complexity index is 575. The number of aromatic nitrogens is 2. The Labute approximate surface area is 106 Å². The number of aldehydes is 1. The highest BCUT2D eigenvalue weighted by Gasteiger charge is 2.26. The summed E-state index contributed by atoms with van der Waals surface area (Å²) in [5.74, 6) is 1.47. The number of likely N-dealkylation sites (tertiary alicyclic amines) is 1. The van der Waals surface area contributed by atoms with E-state index in [1.807, 2.05) is 28.8 Å². The first-order valence-electron chi connectivity index (χ1n) is 6.47. The lowest BCUT2D eigenvalue weighted by molar-refractivity contribution is 0.111. The molecule has 0 N–H and O–H groups in total. The molecule has 1 aliphatic rings. The topological polar surface area (TPSA) is 37.6 Å². The van der Waals surface area contributed by atoms with E-state index in [0.29, 0.717) is 11.6 Å². The highest BCUT2D eigenvalue weighted by Crippen LogP contribution is 2.27. The lowest BCUT2D eigenvalue weighted by atomic mass is 10.1. The minimum absolute atomic E-state index is 0.438. The minimum atomic E-state index is 0.438. The van der Waals surface area contributed by atoms with Gasteiger partial charge >= 0.3 is 0 Å². The van der Waals surface area contributed by atoms with E-state index in [-0.39, 0.29) is 0 Å². The molecule has 0 aliphatic carbocycles. The van der Waals surface area contributed by atoms with E-state index >= 15 is 0 Å². The summed E-state index contributed by atoms with van der Waals surface area (Å²) in [5.41, 5.74) is 1.69. The number of pyridine rings is 1. The maximum atomic E-state index is 11.1. The van der Waals surface area contributed by atoms with Crippen molar-refractivity contribution in [3.05, 3.63) is 35.9 Å². The Hall–Kier alpha value is -1.68. The molecule has 0 spiro atoms. The lowest BCUT2D eigenvalue weighted by Gasteiger charge is -2.13. The van der Waals surface area contributed by atoms with Crippen LogP contribution in [0, 0.1) is 0 Å². The van der Waals surface area contributed by atoms with E-state index in [1.54, 1.807) is 0 Å². The molecular weight excluding hydrogens is 226 g/mol. The average Bonchev–Trinajstić information content (AvgIpc) is 3.03. The number of nitrogens with zero attached hydrogens (tertiary/aromatic N) is 3. The first kappa shape index (κ1) is 11.4. The van der Waals surface area contributed by atoms with Gasteiger partial charge in [-0.15, -0.1) is 0 Å². The van der Waals surface area contributed by atoms with Crippen LogP contribution in [0.4, 0.5) is 0 Å². The third-order valence-electron chi connectivity index (χ3n) is 3.81. The molecule has 1 unspecified atom stereocenters. The molecule has 1 saturated heterocycles. The first-order valence-corrected chi connectivity index (χ1v) is 6.47. The van der Waals surface area contributed by atoms with Gasteiger partial charge in [-0.2, -0.15) is 0 Å². The van der Waals surface area contributed by atoms with Crippen LogP contribution in [0.25, 0.3) is 5.52 Å². The minimum Gasteiger partial charge on any atom is -0.303 e. The number of rotatable bonds is 3. The van der Waals surface area contributed by atoms with Crippen molar-refractivity contribution in [1.82, 2.24) is 14.3 Å². The zero-order valence-electron chi connectivity index (χ0n) is 10.5. The van der Waals surface area contributed by atoms with Gasteiger partial charge in [0, 0.05) is 12.5 Å². The van der Waals surface area contributed by atoms with Gasteiger partial charge in [0.2, 0.25) is 0 Å². The highest BCUT2D eigenvalue weighted by atomic mass is 16.1. The fourth-order valence-corrected chi connectivity index (χ4v) is 2.81. The van der Waals surface area contributed by atoms with E-state index < -0.39 is 0 Å². The number of hydrogen-bond donors (Lipinski definition) is 0. The molecule has 0 aromatic carbocycles. The van der Waals surface area contributed by atoms with Crippen molar-refractivity contribution in [3.63, 3.8) is 0 Å². The molecule has 1 aliphatic heterocycles. The van der Waals surface area contributed by atoms with Crippen LogP contribution in [-0.2, 0) is 0 Å². The molecule has 0 radical (unpaired) electrons. The Balaban J connectivity index is 2.05. The molecule has 1 fully saturated rings. The number of carbonyl (C=O) groups excluding carboxylic acids is 1. The second-order valence-electron chi connectivity index (χ2n) is 4.82. The van der Waals surface area contributed by atoms with Crippen LogP contribution < -0.4 is 0 Å². The van der Waals surface area contributed by atoms with Crippen molar-refractivity contribution in [2.75, 3.05) is 19.6 Å². The molecule has 2 aromatic heterocycles. The van der Waals surface area contributed by atoms with Crippen molar-refractivity contribution < 1.29 is 4.79 Å². The van der Waals surface area contributed by atoms with Crippen molar-refractivity contribution in [2.45, 2.75) is 19.3 Å². The predicted molar refractivity (Wildman–Crippen MR) is 70.1 cm³/mol. The molecule has 18 heavy (non-hydrogen) atoms. The van der Waals surface area contributed by atoms with E-state index in [1.165, 1.54) is 0 Å². The molecule has 4 nitrogen and oxygen atoms in total. The quantitative estimate of drug-likeness (QED) is 0.773. The van der Waals surface area contributed by atoms with Crippen LogP contribution in [-0.4, -0.2) is 40.2 Å². The van der Waals surface area contributed by atoms with E-state index in [0.717, 1.165) is 43.7 Å². The van der Waals surface area contributed by atoms with Gasteiger partial charge in [-0.25, -0.2) is 4.98 Å². The van der Waals surface area contributed by atoms with Crippen LogP contribution in [0.5, 0.6) is 0 Å². The maximum absolute atomic E-state index is 11.1. The zero-order chi connectivity index (χ0) is 12.5. The van der Waals surface area contributed by atoms with Crippen molar-refractivity contribution in [1.29, 1.82) is 0 Å². The van der Waals surface area contributed by atoms with Crippen LogP contribution in [0.2, 0.25) is 0 Å². The molecular formula is C14H17N3O. The fourth-order valence-electron chi connectivity index (χ4n) is 2.81. The fraction of sp³-hybridized carbons (Fsp3) is 0.429. The van der Waals surface area contributed by atoms with Gasteiger partial charge in [0.05, 0.1) is 17.4 Å². The van der Waals surface area contributed by atoms with Crippen LogP contribution in [0.3, 0.4) is 0 Å². The van der Waals surface area contributed by atoms with Gasteiger partial charge in [-0.05, 0) is 31.6 Å². The second kappa shape index (κ2) is 4.53. The molecule has 94 valence electrons. The largest absolute Gasteiger partial charge is 0.303 e. The van der Waals surface area contributed by atoms with E-state index in [9.17, 15) is 4.79 Å². The summed E-state index contributed by atoms with van der Waals surface area (Å²) in [4.78, 5) is 18.1. The summed E-state index contributed by atoms with van der Waals surface area (Å²) in [6.07, 6.45) is 3.89. The Kier molecular flexibility index (Phi) is 2.88. The molecule has 0 bridgehead atoms. The molecule has 1 atom stereocenters. The predicted octanol–water partition coefficient (Wildman–Crippen LogP) is 1.96. The summed E-state index contributed by atoms with van der Waals surface area (Å²) in [6, 6.07) is 5.74. The summed E-state index contributed by atoms with van der Waals surface area (Å²) in [7, 11) is 0. The molecule has 4 heteroatoms. The number of hydrogen-bond acceptors (Lipinski definition) is 3. The number of imidazole rings is 1. The third-order valence-corrected chi connectivity index (χ3v) is 3.81. The maximum Gasteiger partial charge on any atom is 0.166 e. The average molecular weight is 243 g/mol. The van der Waals surface area contributed by atoms with Crippen molar-refractivity contribution >= 4 is 11.8 Å². The summed E-state index contributed by atoms with van der Waals surface area (Å²) in [6.45, 7) is 5.44. The highest BCUT2D eigenvalue weighted by molar-refractivity contribution is 5.74. The van der Waals surface area contributed by atoms with Crippen LogP contribution >= 0.6 is 0 Å². The normalized spacial score (nSPS) is 20.6. The molecule has 0 saturated carbocycles. The number of likely N-dealkylation sites (N-methyl/N-ethyl adjacent to an activating group) is 1. The number of fused-ring (bicyclic) bond motifs is 1. The van der Waals surface area contributed by atoms with Gasteiger partial charge in [-0.1, -0.05) is 13.0 Å². The van der Waals surface area contributed by atoms with E-state index in [2.05, 4.69) is 16.8 Å². The van der Waals surface area contributed by atoms with E-state index in [4.69, 9.17) is 0 Å². The summed E-state index contributed by atoms with van der Waals surface area (Å²) < 4.78 is 2.00. The van der Waals surface area contributed by atoms with Crippen LogP contribution in [0.15, 0.2) is 24.4 Å². The van der Waals surface area contributed by atoms with Crippen molar-refractivity contribution in [3.8, 4) is 0 Å². The standard InChI is InChI=1S/C14H17N3O/c1-2-16-7-6-11(9-16)14-15-8-12-4-3-5-13(10-18)17(12)14/h3-5,8,10-11H,2,6-7,9H2,1H3. The lowest BCUT2D eigenvalue weighted by Crippen LogP contribution is -2.20. The third kappa shape index (κ3) is 1.73. The van der Waals surface area contributed by atoms with Crippen LogP contribution in [0.1, 0.15) is 35.6 Å². The molecule has 2 aromatic rings. The first-order chi connectivity index (χ1) is 8.83. The summed E-state index contributed by atoms with van der Waals surface area (Å²) in [5, 5.41) is 0. The van der Waals surface area contributed by atoms with Gasteiger partial charge in [0.25, 0.3) is 0 Å². The molecule has 0 amide bonds. The zero-order valence-corrected chi connectivity index (χ0v) is 10.5. The van der Waals surface area contributed by atoms with Crippen molar-refractivity contribution in [2.24, 2.45) is 0 Å². The Morgan fingerprint density at radius 2 is 2.39 bits per heavy atom. The smallest absolute Gasteiger partial charge is 0.166 e. The number of carbonyl (C=O) groups is 1. The molecule has 3 rings (SSSR count). The van der Waals surface area contributed by atoms with Gasteiger partial charge in [0.15, 0.2) is 6.29 Å². The van der Waals surface area contributed by atoms with Gasteiger partial charge in [-0.3, -0.25) is 9.20 Å². The molecule has 3 heterocycles. The Morgan fingerprint density at radius 1 is 1.50 bits per heavy atom. The monoisotopic (exact) mass is 243 g/mol.